The van der Waals surface area contributed by atoms with E-state index in [1.54, 1.807) is 24.3 Å². The van der Waals surface area contributed by atoms with E-state index >= 15 is 0 Å². The SMILES string of the molecule is O=C([O-])COc1ccccc1C=NNC(=O)C[NH+]1CC[NH+](Cc2ccccc2Cl)CC1. The van der Waals surface area contributed by atoms with Gasteiger partial charge >= 0.3 is 0 Å². The molecule has 0 aromatic heterocycles. The molecule has 0 aliphatic carbocycles. The predicted molar refractivity (Wildman–Crippen MR) is 114 cm³/mol. The molecule has 8 nitrogen and oxygen atoms in total. The number of quaternary nitrogens is 2. The Morgan fingerprint density at radius 2 is 1.74 bits per heavy atom. The van der Waals surface area contributed by atoms with Gasteiger partial charge in [0.2, 0.25) is 0 Å². The molecule has 2 aromatic carbocycles. The summed E-state index contributed by atoms with van der Waals surface area (Å²) in [6.45, 7) is 4.43. The van der Waals surface area contributed by atoms with E-state index in [9.17, 15) is 14.7 Å². The molecule has 0 radical (unpaired) electrons. The lowest BCUT2D eigenvalue weighted by molar-refractivity contribution is -1.02. The van der Waals surface area contributed by atoms with E-state index in [1.807, 2.05) is 18.2 Å². The summed E-state index contributed by atoms with van der Waals surface area (Å²) in [7, 11) is 0. The molecular formula is C22H26ClN4O4+. The number of para-hydroxylation sites is 1. The topological polar surface area (TPSA) is 99.7 Å². The van der Waals surface area contributed by atoms with Gasteiger partial charge in [0, 0.05) is 16.1 Å². The largest absolute Gasteiger partial charge is 0.546 e. The highest BCUT2D eigenvalue weighted by molar-refractivity contribution is 6.31. The zero-order valence-corrected chi connectivity index (χ0v) is 17.9. The predicted octanol–water partition coefficient (Wildman–Crippen LogP) is -2.10. The van der Waals surface area contributed by atoms with Gasteiger partial charge in [-0.1, -0.05) is 41.9 Å². The van der Waals surface area contributed by atoms with E-state index in [0.717, 1.165) is 43.3 Å². The first-order chi connectivity index (χ1) is 15.0. The number of aliphatic carboxylic acids is 1. The molecule has 1 aliphatic rings. The van der Waals surface area contributed by atoms with Crippen LogP contribution < -0.4 is 25.1 Å². The van der Waals surface area contributed by atoms with Crippen LogP contribution in [-0.2, 0) is 16.1 Å². The number of carbonyl (C=O) groups is 2. The van der Waals surface area contributed by atoms with E-state index in [0.29, 0.717) is 17.9 Å². The summed E-state index contributed by atoms with van der Waals surface area (Å²) in [6, 6.07) is 14.7. The lowest BCUT2D eigenvalue weighted by atomic mass is 10.2. The molecule has 31 heavy (non-hydrogen) atoms. The Hall–Kier alpha value is -2.94. The van der Waals surface area contributed by atoms with Crippen LogP contribution in [0, 0.1) is 0 Å². The van der Waals surface area contributed by atoms with Crippen molar-refractivity contribution in [2.75, 3.05) is 39.3 Å². The van der Waals surface area contributed by atoms with Gasteiger partial charge in [0.1, 0.15) is 45.1 Å². The number of hydrogen-bond acceptors (Lipinski definition) is 5. The minimum absolute atomic E-state index is 0.172. The van der Waals surface area contributed by atoms with E-state index in [-0.39, 0.29) is 5.91 Å². The number of carbonyl (C=O) groups excluding carboxylic acids is 2. The van der Waals surface area contributed by atoms with Crippen LogP contribution in [0.1, 0.15) is 11.1 Å². The Labute approximate surface area is 186 Å². The van der Waals surface area contributed by atoms with Crippen LogP contribution in [0.5, 0.6) is 5.75 Å². The van der Waals surface area contributed by atoms with E-state index in [4.69, 9.17) is 16.3 Å². The van der Waals surface area contributed by atoms with Crippen LogP contribution in [0.4, 0.5) is 0 Å². The van der Waals surface area contributed by atoms with Gasteiger partial charge in [-0.15, -0.1) is 0 Å². The number of ether oxygens (including phenoxy) is 1. The van der Waals surface area contributed by atoms with Gasteiger partial charge < -0.3 is 24.4 Å². The van der Waals surface area contributed by atoms with Gasteiger partial charge in [-0.3, -0.25) is 4.79 Å². The normalized spacial score (nSPS) is 18.6. The summed E-state index contributed by atoms with van der Waals surface area (Å²) < 4.78 is 5.16. The Morgan fingerprint density at radius 1 is 1.06 bits per heavy atom. The molecule has 3 N–H and O–H groups in total. The summed E-state index contributed by atoms with van der Waals surface area (Å²) in [5.74, 6) is -1.13. The molecule has 9 heteroatoms. The van der Waals surface area contributed by atoms with Crippen molar-refractivity contribution in [3.8, 4) is 5.75 Å². The van der Waals surface area contributed by atoms with E-state index in [2.05, 4.69) is 16.6 Å². The van der Waals surface area contributed by atoms with E-state index < -0.39 is 12.6 Å². The molecule has 164 valence electrons. The van der Waals surface area contributed by atoms with Crippen molar-refractivity contribution in [1.82, 2.24) is 5.43 Å². The minimum atomic E-state index is -1.31. The summed E-state index contributed by atoms with van der Waals surface area (Å²) in [5.41, 5.74) is 4.24. The Morgan fingerprint density at radius 3 is 2.48 bits per heavy atom. The highest BCUT2D eigenvalue weighted by Gasteiger charge is 2.25. The van der Waals surface area contributed by atoms with Crippen molar-refractivity contribution >= 4 is 29.7 Å². The summed E-state index contributed by atoms with van der Waals surface area (Å²) in [4.78, 5) is 25.5. The molecule has 0 bridgehead atoms. The van der Waals surface area contributed by atoms with Crippen LogP contribution in [0.25, 0.3) is 0 Å². The van der Waals surface area contributed by atoms with Crippen molar-refractivity contribution < 1.29 is 29.2 Å². The number of nitrogens with one attached hydrogen (secondary N) is 3. The second-order valence-corrected chi connectivity index (χ2v) is 7.84. The van der Waals surface area contributed by atoms with Crippen molar-refractivity contribution in [1.29, 1.82) is 0 Å². The number of rotatable bonds is 9. The van der Waals surface area contributed by atoms with Gasteiger partial charge in [-0.05, 0) is 18.2 Å². The summed E-state index contributed by atoms with van der Waals surface area (Å²) in [5, 5.41) is 15.3. The number of carboxylic acids is 1. The van der Waals surface area contributed by atoms with Crippen molar-refractivity contribution in [3.63, 3.8) is 0 Å². The Balaban J connectivity index is 1.42. The van der Waals surface area contributed by atoms with Gasteiger partial charge in [0.25, 0.3) is 5.91 Å². The Bertz CT molecular complexity index is 929. The van der Waals surface area contributed by atoms with Crippen LogP contribution in [0.15, 0.2) is 53.6 Å². The van der Waals surface area contributed by atoms with Crippen LogP contribution in [0.3, 0.4) is 0 Å². The van der Waals surface area contributed by atoms with Crippen molar-refractivity contribution in [2.45, 2.75) is 6.54 Å². The maximum atomic E-state index is 12.2. The number of hydrogen-bond donors (Lipinski definition) is 3. The number of piperazine rings is 1. The summed E-state index contributed by atoms with van der Waals surface area (Å²) in [6.07, 6.45) is 1.43. The molecular weight excluding hydrogens is 420 g/mol. The van der Waals surface area contributed by atoms with Gasteiger partial charge in [0.05, 0.1) is 12.2 Å². The molecule has 2 aromatic rings. The van der Waals surface area contributed by atoms with Crippen LogP contribution in [-0.4, -0.2) is 57.4 Å². The van der Waals surface area contributed by atoms with Gasteiger partial charge in [-0.25, -0.2) is 5.43 Å². The first kappa shape index (κ1) is 22.7. The van der Waals surface area contributed by atoms with Gasteiger partial charge in [0.15, 0.2) is 6.54 Å². The monoisotopic (exact) mass is 445 g/mol. The highest BCUT2D eigenvalue weighted by atomic mass is 35.5. The summed E-state index contributed by atoms with van der Waals surface area (Å²) >= 11 is 6.25. The third-order valence-electron chi connectivity index (χ3n) is 5.13. The fourth-order valence-corrected chi connectivity index (χ4v) is 3.72. The number of halogens is 1. The zero-order chi connectivity index (χ0) is 22.1. The molecule has 0 unspecified atom stereocenters. The first-order valence-corrected chi connectivity index (χ1v) is 10.5. The number of amides is 1. The molecule has 1 fully saturated rings. The van der Waals surface area contributed by atoms with Crippen molar-refractivity contribution in [3.05, 3.63) is 64.7 Å². The second kappa shape index (κ2) is 11.5. The van der Waals surface area contributed by atoms with Crippen LogP contribution >= 0.6 is 11.6 Å². The molecule has 0 atom stereocenters. The fraction of sp³-hybridized carbons (Fsp3) is 0.318. The zero-order valence-electron chi connectivity index (χ0n) is 17.1. The van der Waals surface area contributed by atoms with Gasteiger partial charge in [-0.2, -0.15) is 5.10 Å². The third kappa shape index (κ3) is 7.36. The second-order valence-electron chi connectivity index (χ2n) is 7.44. The Kier molecular flexibility index (Phi) is 8.40. The third-order valence-corrected chi connectivity index (χ3v) is 5.50. The maximum Gasteiger partial charge on any atom is 0.295 e. The number of hydrazone groups is 1. The molecule has 0 saturated carbocycles. The first-order valence-electron chi connectivity index (χ1n) is 10.2. The molecule has 0 spiro atoms. The maximum absolute atomic E-state index is 12.2. The molecule has 1 amide bonds. The average Bonchev–Trinajstić information content (AvgIpc) is 2.76. The van der Waals surface area contributed by atoms with E-state index in [1.165, 1.54) is 16.0 Å². The quantitative estimate of drug-likeness (QED) is 0.304. The number of nitrogens with zero attached hydrogens (tertiary/aromatic N) is 1. The average molecular weight is 446 g/mol. The molecule has 1 aliphatic heterocycles. The highest BCUT2D eigenvalue weighted by Crippen LogP contribution is 2.15. The molecule has 1 saturated heterocycles. The molecule has 1 heterocycles. The molecule has 3 rings (SSSR count). The number of benzene rings is 2. The smallest absolute Gasteiger partial charge is 0.295 e. The van der Waals surface area contributed by atoms with Crippen LogP contribution in [0.2, 0.25) is 5.02 Å². The van der Waals surface area contributed by atoms with Crippen molar-refractivity contribution in [2.24, 2.45) is 5.10 Å². The minimum Gasteiger partial charge on any atom is -0.546 e. The lowest BCUT2D eigenvalue weighted by Crippen LogP contribution is -3.28. The fourth-order valence-electron chi connectivity index (χ4n) is 3.52. The lowest BCUT2D eigenvalue weighted by Gasteiger charge is -2.29. The number of carboxylic acid groups (broad SMARTS) is 1. The standard InChI is InChI=1S/C22H25ClN4O4/c23-19-7-3-1-6-18(19)14-26-9-11-27(12-10-26)15-21(28)25-24-13-17-5-2-4-8-20(17)31-16-22(29)30/h1-8,13H,9-12,14-16H2,(H,25,28)(H,29,30)/p+1.